The molecule has 0 bridgehead atoms. The van der Waals surface area contributed by atoms with Crippen molar-refractivity contribution in [3.8, 4) is 0 Å². The Morgan fingerprint density at radius 2 is 2.09 bits per heavy atom. The van der Waals surface area contributed by atoms with Crippen molar-refractivity contribution in [3.63, 3.8) is 0 Å². The first-order valence-corrected chi connectivity index (χ1v) is 11.2. The molecule has 1 aromatic carbocycles. The second-order valence-corrected chi connectivity index (χ2v) is 9.66. The molecule has 0 aliphatic carbocycles. The monoisotopic (exact) mass is 450 g/mol. The predicted molar refractivity (Wildman–Crippen MR) is 134 cm³/mol. The minimum atomic E-state index is -0.163. The molecule has 0 saturated carbocycles. The van der Waals surface area contributed by atoms with E-state index in [-0.39, 0.29) is 17.4 Å². The molecule has 1 aliphatic heterocycles. The molecule has 1 amide bonds. The zero-order valence-electron chi connectivity index (χ0n) is 20.3. The van der Waals surface area contributed by atoms with E-state index in [0.717, 1.165) is 37.3 Å². The smallest absolute Gasteiger partial charge is 0.269 e. The van der Waals surface area contributed by atoms with E-state index in [2.05, 4.69) is 51.9 Å². The largest absolute Gasteiger partial charge is 0.374 e. The van der Waals surface area contributed by atoms with Gasteiger partial charge in [0.2, 0.25) is 5.95 Å². The Bertz CT molecular complexity index is 1050. The number of carbonyl (C=O) groups excluding carboxylic acids is 1. The first kappa shape index (κ1) is 24.3. The van der Waals surface area contributed by atoms with Crippen molar-refractivity contribution in [1.82, 2.24) is 20.6 Å². The number of hydrogen-bond donors (Lipinski definition) is 4. The number of aryl methyl sites for hydroxylation is 1. The van der Waals surface area contributed by atoms with Gasteiger partial charge in [0.15, 0.2) is 0 Å². The maximum absolute atomic E-state index is 12.1. The quantitative estimate of drug-likeness (QED) is 0.478. The third-order valence-electron chi connectivity index (χ3n) is 5.42. The summed E-state index contributed by atoms with van der Waals surface area (Å²) in [4.78, 5) is 27.3. The molecule has 176 valence electrons. The van der Waals surface area contributed by atoms with Crippen LogP contribution in [-0.2, 0) is 0 Å². The zero-order chi connectivity index (χ0) is 24.2. The molecule has 4 N–H and O–H groups in total. The highest BCUT2D eigenvalue weighted by Crippen LogP contribution is 2.37. The summed E-state index contributed by atoms with van der Waals surface area (Å²) < 4.78 is 0. The van der Waals surface area contributed by atoms with Crippen LogP contribution in [0.1, 0.15) is 43.1 Å². The van der Waals surface area contributed by atoms with Crippen LogP contribution in [-0.4, -0.2) is 55.6 Å². The lowest BCUT2D eigenvalue weighted by Crippen LogP contribution is -2.30. The van der Waals surface area contributed by atoms with E-state index >= 15 is 0 Å². The van der Waals surface area contributed by atoms with Crippen LogP contribution in [0.3, 0.4) is 0 Å². The van der Waals surface area contributed by atoms with Crippen LogP contribution in [0.5, 0.6) is 0 Å². The van der Waals surface area contributed by atoms with Crippen LogP contribution in [0.2, 0.25) is 0 Å². The first-order chi connectivity index (χ1) is 15.6. The number of aromatic nitrogens is 2. The van der Waals surface area contributed by atoms with Gasteiger partial charge in [0.05, 0.1) is 6.57 Å². The molecular formula is C24H34N8O. The predicted octanol–water partition coefficient (Wildman–Crippen LogP) is 3.70. The fourth-order valence-corrected chi connectivity index (χ4v) is 3.89. The Hall–Kier alpha value is -3.38. The Morgan fingerprint density at radius 1 is 1.33 bits per heavy atom. The second-order valence-electron chi connectivity index (χ2n) is 9.66. The molecule has 9 heteroatoms. The van der Waals surface area contributed by atoms with Crippen LogP contribution in [0.4, 0.5) is 29.0 Å². The lowest BCUT2D eigenvalue weighted by Gasteiger charge is -2.29. The summed E-state index contributed by atoms with van der Waals surface area (Å²) in [7, 11) is 3.55. The van der Waals surface area contributed by atoms with Crippen molar-refractivity contribution >= 4 is 34.9 Å². The number of benzene rings is 1. The third-order valence-corrected chi connectivity index (χ3v) is 5.42. The van der Waals surface area contributed by atoms with E-state index in [9.17, 15) is 4.79 Å². The lowest BCUT2D eigenvalue weighted by molar-refractivity contribution is 0.0963. The van der Waals surface area contributed by atoms with Gasteiger partial charge in [-0.3, -0.25) is 4.79 Å². The number of hydrogen-bond acceptors (Lipinski definition) is 7. The average Bonchev–Trinajstić information content (AvgIpc) is 3.26. The number of rotatable bonds is 7. The van der Waals surface area contributed by atoms with Gasteiger partial charge in [-0.15, -0.1) is 0 Å². The van der Waals surface area contributed by atoms with E-state index in [1.165, 1.54) is 0 Å². The van der Waals surface area contributed by atoms with E-state index < -0.39 is 0 Å². The van der Waals surface area contributed by atoms with E-state index in [0.29, 0.717) is 28.8 Å². The molecule has 0 unspecified atom stereocenters. The summed E-state index contributed by atoms with van der Waals surface area (Å²) in [6.45, 7) is 18.7. The van der Waals surface area contributed by atoms with Crippen molar-refractivity contribution < 1.29 is 4.79 Å². The standard InChI is InChI=1S/C24H34N8O/c1-15-8-9-16(22(33)26-6)12-18(15)29-23-30-20(28-17-10-11-27-13-17)19(25-5)21(31-23)32(7)14-24(2,3)4/h8-9,12,17,27H,10-11,13-14H2,1-4,6-7H3,(H,26,33)(H2,28,29,30,31)/t17-/m1/s1. The van der Waals surface area contributed by atoms with Crippen LogP contribution in [0.15, 0.2) is 18.2 Å². The van der Waals surface area contributed by atoms with Crippen molar-refractivity contribution in [2.45, 2.75) is 40.2 Å². The fraction of sp³-hybridized carbons (Fsp3) is 0.500. The van der Waals surface area contributed by atoms with Gasteiger partial charge in [0.25, 0.3) is 11.6 Å². The molecule has 0 spiro atoms. The maximum atomic E-state index is 12.1. The minimum absolute atomic E-state index is 0.0218. The molecule has 3 rings (SSSR count). The first-order valence-electron chi connectivity index (χ1n) is 11.2. The Labute approximate surface area is 196 Å². The third kappa shape index (κ3) is 6.11. The summed E-state index contributed by atoms with van der Waals surface area (Å²) in [5.74, 6) is 1.31. The van der Waals surface area contributed by atoms with Gasteiger partial charge in [-0.25, -0.2) is 14.8 Å². The molecule has 1 saturated heterocycles. The molecule has 1 fully saturated rings. The van der Waals surface area contributed by atoms with Gasteiger partial charge in [0.1, 0.15) is 11.6 Å². The molecule has 0 radical (unpaired) electrons. The van der Waals surface area contributed by atoms with Crippen LogP contribution in [0.25, 0.3) is 4.85 Å². The minimum Gasteiger partial charge on any atom is -0.374 e. The maximum Gasteiger partial charge on any atom is 0.269 e. The van der Waals surface area contributed by atoms with Crippen LogP contribution in [0, 0.1) is 18.9 Å². The highest BCUT2D eigenvalue weighted by molar-refractivity contribution is 5.95. The Balaban J connectivity index is 2.04. The fourth-order valence-electron chi connectivity index (χ4n) is 3.89. The van der Waals surface area contributed by atoms with Gasteiger partial charge in [-0.05, 0) is 43.0 Å². The number of carbonyl (C=O) groups is 1. The van der Waals surface area contributed by atoms with Crippen molar-refractivity contribution in [3.05, 3.63) is 40.7 Å². The topological polar surface area (TPSA) is 98.6 Å². The molecule has 33 heavy (non-hydrogen) atoms. The second kappa shape index (κ2) is 10.0. The number of amides is 1. The number of nitrogens with one attached hydrogen (secondary N) is 4. The summed E-state index contributed by atoms with van der Waals surface area (Å²) in [6, 6.07) is 5.65. The molecule has 1 atom stereocenters. The summed E-state index contributed by atoms with van der Waals surface area (Å²) in [5, 5.41) is 12.7. The normalized spacial score (nSPS) is 15.6. The highest BCUT2D eigenvalue weighted by atomic mass is 16.1. The summed E-state index contributed by atoms with van der Waals surface area (Å²) >= 11 is 0. The van der Waals surface area contributed by atoms with Crippen LogP contribution < -0.4 is 26.2 Å². The van der Waals surface area contributed by atoms with E-state index in [4.69, 9.17) is 11.6 Å². The van der Waals surface area contributed by atoms with E-state index in [1.807, 2.05) is 24.9 Å². The average molecular weight is 451 g/mol. The van der Waals surface area contributed by atoms with Gasteiger partial charge in [-0.1, -0.05) is 26.8 Å². The molecule has 9 nitrogen and oxygen atoms in total. The number of anilines is 4. The van der Waals surface area contributed by atoms with Crippen molar-refractivity contribution in [2.75, 3.05) is 49.3 Å². The van der Waals surface area contributed by atoms with E-state index in [1.54, 1.807) is 19.2 Å². The van der Waals surface area contributed by atoms with Gasteiger partial charge in [-0.2, -0.15) is 0 Å². The summed E-state index contributed by atoms with van der Waals surface area (Å²) in [6.07, 6.45) is 0.963. The molecule has 2 aromatic rings. The van der Waals surface area contributed by atoms with Crippen molar-refractivity contribution in [2.24, 2.45) is 5.41 Å². The molecule has 1 aromatic heterocycles. The highest BCUT2D eigenvalue weighted by Gasteiger charge is 2.24. The zero-order valence-corrected chi connectivity index (χ0v) is 20.3. The Kier molecular flexibility index (Phi) is 7.39. The van der Waals surface area contributed by atoms with Gasteiger partial charge < -0.3 is 26.2 Å². The van der Waals surface area contributed by atoms with Crippen molar-refractivity contribution in [1.29, 1.82) is 0 Å². The van der Waals surface area contributed by atoms with Gasteiger partial charge in [0, 0.05) is 44.5 Å². The van der Waals surface area contributed by atoms with Gasteiger partial charge >= 0.3 is 0 Å². The van der Waals surface area contributed by atoms with Crippen LogP contribution >= 0.6 is 0 Å². The molecular weight excluding hydrogens is 416 g/mol. The molecule has 1 aliphatic rings. The summed E-state index contributed by atoms with van der Waals surface area (Å²) in [5.41, 5.74) is 2.68. The number of nitrogens with zero attached hydrogens (tertiary/aromatic N) is 4. The Morgan fingerprint density at radius 3 is 2.70 bits per heavy atom. The lowest BCUT2D eigenvalue weighted by atomic mass is 9.96. The SMILES string of the molecule is [C-]#[N+]c1c(N[C@@H]2CCNC2)nc(Nc2cc(C(=O)NC)ccc2C)nc1N(C)CC(C)(C)C. The molecule has 2 heterocycles.